The number of rotatable bonds is 10. The fourth-order valence-electron chi connectivity index (χ4n) is 1.37. The topological polar surface area (TPSA) is 456 Å². The summed E-state index contributed by atoms with van der Waals surface area (Å²) < 4.78 is 8.77. The summed E-state index contributed by atoms with van der Waals surface area (Å²) in [5.74, 6) is -12.0. The summed E-state index contributed by atoms with van der Waals surface area (Å²) in [7, 11) is -4.89. The summed E-state index contributed by atoms with van der Waals surface area (Å²) in [4.78, 5) is 82.9. The van der Waals surface area contributed by atoms with Crippen LogP contribution in [0.1, 0.15) is 27.1 Å². The van der Waals surface area contributed by atoms with E-state index in [0.29, 0.717) is 0 Å². The van der Waals surface area contributed by atoms with Crippen molar-refractivity contribution in [3.05, 3.63) is 0 Å². The van der Waals surface area contributed by atoms with E-state index in [4.69, 9.17) is 29.5 Å². The van der Waals surface area contributed by atoms with Crippen molar-refractivity contribution in [3.63, 3.8) is 0 Å². The van der Waals surface area contributed by atoms with E-state index in [1.54, 1.807) is 0 Å². The predicted molar refractivity (Wildman–Crippen MR) is 82.4 cm³/mol. The van der Waals surface area contributed by atoms with Crippen LogP contribution in [0.15, 0.2) is 0 Å². The minimum Gasteiger partial charge on any atom is -1.00 e. The molecule has 0 aliphatic carbocycles. The van der Waals surface area contributed by atoms with Gasteiger partial charge in [0.15, 0.2) is 0 Å². The molecule has 42 heavy (non-hydrogen) atoms. The van der Waals surface area contributed by atoms with Crippen molar-refractivity contribution in [2.24, 2.45) is 0 Å². The molecule has 0 aliphatic rings. The number of carbonyl (C=O) groups excluding carboxylic acids is 6. The van der Waals surface area contributed by atoms with Gasteiger partial charge in [-0.1, -0.05) is 0 Å². The van der Waals surface area contributed by atoms with Crippen LogP contribution < -0.4 is 272 Å². The van der Waals surface area contributed by atoms with Crippen molar-refractivity contribution in [1.29, 1.82) is 0 Å². The molecule has 0 amide bonds. The molecule has 0 unspecified atom stereocenters. The molecule has 0 bridgehead atoms. The van der Waals surface area contributed by atoms with E-state index in [2.05, 4.69) is 0 Å². The first kappa shape index (κ1) is 91.2. The largest absolute Gasteiger partial charge is 1.00 e. The normalized spacial score (nSPS) is 8.12. The summed E-state index contributed by atoms with van der Waals surface area (Å²) >= 11 is 0. The van der Waals surface area contributed by atoms with Gasteiger partial charge in [0.1, 0.15) is 11.2 Å². The van der Waals surface area contributed by atoms with Crippen LogP contribution in [0.25, 0.3) is 0 Å². The Morgan fingerprint density at radius 1 is 0.500 bits per heavy atom. The molecular weight excluding hydrogens is 695 g/mol. The molecule has 0 aliphatic heterocycles. The molecule has 206 valence electrons. The molecule has 0 rings (SSSR count). The fraction of sp³-hybridized carbons (Fsp3) is 0.500. The standard InChI is InChI=1S/2C6H8O7.8Na.H3O4P.3H2O.H/c2*7-3(8)1-6(13,5(11)12)2-4(9)10;;;;;;;;;1-5(2,3)4;;;;/h2*13H,1-2H2,(H,7,8)(H,9,10)(H,11,12);;;;;;;;;(H3,1,2,3,4);3*1H2;/q;;8*+1;;;;;-1/p-7. The Morgan fingerprint density at radius 2 is 0.595 bits per heavy atom. The maximum Gasteiger partial charge on any atom is 1.00 e. The average molecular weight is 714 g/mol. The van der Waals surface area contributed by atoms with E-state index < -0.39 is 80.5 Å². The Balaban J connectivity index is -0.0000000195. The summed E-state index contributed by atoms with van der Waals surface area (Å²) in [6.07, 6.45) is -5.43. The minimum absolute atomic E-state index is 0. The zero-order valence-corrected chi connectivity index (χ0v) is 41.2. The molecule has 30 heteroatoms. The van der Waals surface area contributed by atoms with Crippen LogP contribution in [-0.2, 0) is 33.3 Å². The molecule has 0 spiro atoms. The van der Waals surface area contributed by atoms with Gasteiger partial charge < -0.3 is 102 Å². The maximum atomic E-state index is 10.1. The number of carboxylic acid groups (broad SMARTS) is 6. The van der Waals surface area contributed by atoms with Gasteiger partial charge in [0.05, 0.1) is 11.9 Å². The van der Waals surface area contributed by atoms with Gasteiger partial charge in [0.25, 0.3) is 7.82 Å². The van der Waals surface area contributed by atoms with Crippen LogP contribution in [0.3, 0.4) is 0 Å². The minimum atomic E-state index is -4.89. The third kappa shape index (κ3) is 63.4. The molecule has 0 heterocycles. The van der Waals surface area contributed by atoms with Crippen LogP contribution in [0.2, 0.25) is 0 Å². The third-order valence-corrected chi connectivity index (χ3v) is 2.51. The molecule has 0 aromatic heterocycles. The first-order valence-corrected chi connectivity index (χ1v) is 8.52. The van der Waals surface area contributed by atoms with Crippen molar-refractivity contribution >= 4 is 43.6 Å². The summed E-state index contributed by atoms with van der Waals surface area (Å²) in [6.45, 7) is 0. The first-order valence-electron chi connectivity index (χ1n) is 6.99. The van der Waals surface area contributed by atoms with Gasteiger partial charge in [-0.3, -0.25) is 4.57 Å². The van der Waals surface area contributed by atoms with Crippen molar-refractivity contribution in [3.8, 4) is 0 Å². The SMILES string of the molecule is O.O.O.O=C([O-])CC(O)(CC(=O)[O-])C(=O)[O-].O=C([O-])CC(O)(CC(=O)[O-])C(=O)[O-].O=P([O-])(O)O.[H-].[Na+].[Na+].[Na+].[Na+].[Na+].[Na+].[Na+].[Na+]. The maximum absolute atomic E-state index is 10.1. The fourth-order valence-corrected chi connectivity index (χ4v) is 1.37. The number of aliphatic hydroxyl groups is 2. The van der Waals surface area contributed by atoms with Gasteiger partial charge in [0, 0.05) is 49.6 Å². The Morgan fingerprint density at radius 3 is 0.643 bits per heavy atom. The quantitative estimate of drug-likeness (QED) is 0.120. The average Bonchev–Trinajstić information content (AvgIpc) is 2.41. The zero-order valence-electron chi connectivity index (χ0n) is 25.3. The smallest absolute Gasteiger partial charge is 1.00 e. The van der Waals surface area contributed by atoms with E-state index >= 15 is 0 Å². The van der Waals surface area contributed by atoms with Crippen LogP contribution in [0.4, 0.5) is 0 Å². The van der Waals surface area contributed by atoms with Crippen LogP contribution in [-0.4, -0.2) is 83.4 Å². The second-order valence-corrected chi connectivity index (χ2v) is 6.30. The molecular formula is C12H19Na8O21P. The second-order valence-electron chi connectivity index (χ2n) is 5.32. The van der Waals surface area contributed by atoms with Crippen molar-refractivity contribution in [2.75, 3.05) is 0 Å². The van der Waals surface area contributed by atoms with E-state index in [1.807, 2.05) is 0 Å². The Labute approximate surface area is 415 Å². The molecule has 21 nitrogen and oxygen atoms in total. The summed E-state index contributed by atoms with van der Waals surface area (Å²) in [5, 5.41) is 77.9. The Kier molecular flexibility index (Phi) is 99.3. The van der Waals surface area contributed by atoms with Crippen molar-refractivity contribution in [2.45, 2.75) is 36.9 Å². The Bertz CT molecular complexity index is 680. The molecule has 0 atom stereocenters. The van der Waals surface area contributed by atoms with Crippen LogP contribution >= 0.6 is 7.82 Å². The van der Waals surface area contributed by atoms with Crippen molar-refractivity contribution < 1.29 is 343 Å². The number of carbonyl (C=O) groups is 6. The number of hydrogen-bond acceptors (Lipinski definition) is 16. The van der Waals surface area contributed by atoms with Gasteiger partial charge >= 0.3 is 236 Å². The number of hydrogen-bond donors (Lipinski definition) is 4. The summed E-state index contributed by atoms with van der Waals surface area (Å²) in [5.41, 5.74) is -5.95. The first-order chi connectivity index (χ1) is 13.6. The Hall–Kier alpha value is 4.73. The van der Waals surface area contributed by atoms with Crippen molar-refractivity contribution in [1.82, 2.24) is 0 Å². The van der Waals surface area contributed by atoms with E-state index in [1.165, 1.54) is 0 Å². The summed E-state index contributed by atoms with van der Waals surface area (Å²) in [6, 6.07) is 0. The number of carboxylic acids is 6. The molecule has 0 aromatic carbocycles. The number of phosphoric acid groups is 1. The van der Waals surface area contributed by atoms with E-state index in [0.717, 1.165) is 0 Å². The molecule has 0 aromatic rings. The molecule has 0 saturated carbocycles. The zero-order chi connectivity index (χ0) is 25.8. The molecule has 0 fully saturated rings. The molecule has 0 saturated heterocycles. The van der Waals surface area contributed by atoms with Crippen LogP contribution in [0.5, 0.6) is 0 Å². The van der Waals surface area contributed by atoms with E-state index in [-0.39, 0.29) is 254 Å². The monoisotopic (exact) mass is 714 g/mol. The molecule has 0 radical (unpaired) electrons. The predicted octanol–water partition coefficient (Wildman–Crippen LogP) is -38.4. The second kappa shape index (κ2) is 45.7. The van der Waals surface area contributed by atoms with Gasteiger partial charge in [-0.05, 0) is 0 Å². The number of aliphatic carboxylic acids is 6. The van der Waals surface area contributed by atoms with Gasteiger partial charge in [0.2, 0.25) is 0 Å². The molecule has 10 N–H and O–H groups in total. The van der Waals surface area contributed by atoms with Gasteiger partial charge in [-0.2, -0.15) is 0 Å². The third-order valence-electron chi connectivity index (χ3n) is 2.51. The van der Waals surface area contributed by atoms with Gasteiger partial charge in [-0.15, -0.1) is 0 Å². The van der Waals surface area contributed by atoms with Crippen LogP contribution in [0, 0.1) is 0 Å². The van der Waals surface area contributed by atoms with Gasteiger partial charge in [-0.25, -0.2) is 0 Å². The van der Waals surface area contributed by atoms with E-state index in [9.17, 15) is 59.4 Å².